The lowest BCUT2D eigenvalue weighted by Gasteiger charge is -2.34. The molecule has 2 aliphatic rings. The average molecular weight is 337 g/mol. The normalized spacial score (nSPS) is 24.3. The molecule has 25 heavy (non-hydrogen) atoms. The monoisotopic (exact) mass is 337 g/mol. The van der Waals surface area contributed by atoms with Crippen molar-refractivity contribution in [3.05, 3.63) is 42.1 Å². The van der Waals surface area contributed by atoms with E-state index >= 15 is 0 Å². The van der Waals surface area contributed by atoms with Crippen molar-refractivity contribution in [1.82, 2.24) is 14.8 Å². The van der Waals surface area contributed by atoms with Gasteiger partial charge in [-0.05, 0) is 50.4 Å². The average Bonchev–Trinajstić information content (AvgIpc) is 3.30. The molecule has 4 nitrogen and oxygen atoms in total. The number of fused-ring (bicyclic) bond motifs is 1. The third-order valence-electron chi connectivity index (χ3n) is 5.94. The molecule has 2 atom stereocenters. The van der Waals surface area contributed by atoms with Crippen molar-refractivity contribution in [2.45, 2.75) is 51.1 Å². The minimum absolute atomic E-state index is 0.267. The van der Waals surface area contributed by atoms with E-state index in [0.29, 0.717) is 18.5 Å². The number of pyridine rings is 1. The Morgan fingerprint density at radius 2 is 1.92 bits per heavy atom. The number of aromatic nitrogens is 1. The second-order valence-electron chi connectivity index (χ2n) is 7.30. The van der Waals surface area contributed by atoms with Crippen molar-refractivity contribution in [1.29, 1.82) is 0 Å². The molecule has 0 saturated carbocycles. The molecular formula is C21H27N3O. The van der Waals surface area contributed by atoms with Gasteiger partial charge in [0, 0.05) is 30.2 Å². The third-order valence-corrected chi connectivity index (χ3v) is 5.94. The maximum atomic E-state index is 13.1. The maximum Gasteiger partial charge on any atom is 0.227 e. The van der Waals surface area contributed by atoms with Crippen molar-refractivity contribution in [3.63, 3.8) is 0 Å². The van der Waals surface area contributed by atoms with Gasteiger partial charge in [0.2, 0.25) is 5.91 Å². The highest BCUT2D eigenvalue weighted by Crippen LogP contribution is 2.30. The van der Waals surface area contributed by atoms with Gasteiger partial charge in [-0.1, -0.05) is 31.2 Å². The molecule has 2 saturated heterocycles. The fourth-order valence-corrected chi connectivity index (χ4v) is 4.76. The Bertz CT molecular complexity index is 754. The largest absolute Gasteiger partial charge is 0.338 e. The molecule has 1 amide bonds. The molecule has 0 bridgehead atoms. The molecule has 0 N–H and O–H groups in total. The summed E-state index contributed by atoms with van der Waals surface area (Å²) < 4.78 is 0. The molecular weight excluding hydrogens is 310 g/mol. The van der Waals surface area contributed by atoms with Crippen LogP contribution >= 0.6 is 0 Å². The van der Waals surface area contributed by atoms with Crippen molar-refractivity contribution in [3.8, 4) is 0 Å². The molecule has 0 aliphatic carbocycles. The van der Waals surface area contributed by atoms with E-state index in [1.165, 1.54) is 19.4 Å². The number of amides is 1. The van der Waals surface area contributed by atoms with Gasteiger partial charge < -0.3 is 4.90 Å². The molecule has 2 unspecified atom stereocenters. The van der Waals surface area contributed by atoms with Crippen molar-refractivity contribution >= 4 is 16.8 Å². The Kier molecular flexibility index (Phi) is 4.71. The molecule has 1 aromatic carbocycles. The van der Waals surface area contributed by atoms with Crippen LogP contribution in [0.5, 0.6) is 0 Å². The first kappa shape index (κ1) is 16.5. The number of nitrogens with zero attached hydrogens (tertiary/aromatic N) is 3. The SMILES string of the molecule is CCN1CCCC1C1CCCN1C(=O)Cc1cccc2cccnc12. The van der Waals surface area contributed by atoms with Crippen LogP contribution in [0.1, 0.15) is 38.2 Å². The summed E-state index contributed by atoms with van der Waals surface area (Å²) in [5.74, 6) is 0.267. The summed E-state index contributed by atoms with van der Waals surface area (Å²) >= 11 is 0. The highest BCUT2D eigenvalue weighted by Gasteiger charge is 2.38. The van der Waals surface area contributed by atoms with E-state index in [1.807, 2.05) is 24.4 Å². The summed E-state index contributed by atoms with van der Waals surface area (Å²) in [7, 11) is 0. The number of hydrogen-bond acceptors (Lipinski definition) is 3. The molecule has 0 spiro atoms. The van der Waals surface area contributed by atoms with Crippen LogP contribution in [0.15, 0.2) is 36.5 Å². The molecule has 2 aromatic rings. The van der Waals surface area contributed by atoms with Crippen molar-refractivity contribution in [2.75, 3.05) is 19.6 Å². The van der Waals surface area contributed by atoms with Crippen LogP contribution in [0, 0.1) is 0 Å². The zero-order valence-electron chi connectivity index (χ0n) is 15.0. The number of likely N-dealkylation sites (tertiary alicyclic amines) is 2. The lowest BCUT2D eigenvalue weighted by atomic mass is 10.0. The van der Waals surface area contributed by atoms with Crippen LogP contribution < -0.4 is 0 Å². The van der Waals surface area contributed by atoms with Gasteiger partial charge in [0.15, 0.2) is 0 Å². The van der Waals surface area contributed by atoms with Gasteiger partial charge in [-0.15, -0.1) is 0 Å². The zero-order valence-corrected chi connectivity index (χ0v) is 15.0. The van der Waals surface area contributed by atoms with Crippen LogP contribution in [0.4, 0.5) is 0 Å². The van der Waals surface area contributed by atoms with E-state index in [1.54, 1.807) is 0 Å². The number of benzene rings is 1. The predicted octanol–water partition coefficient (Wildman–Crippen LogP) is 3.25. The van der Waals surface area contributed by atoms with E-state index in [0.717, 1.165) is 42.4 Å². The van der Waals surface area contributed by atoms with Gasteiger partial charge in [-0.25, -0.2) is 0 Å². The molecule has 0 radical (unpaired) electrons. The molecule has 1 aromatic heterocycles. The van der Waals surface area contributed by atoms with Gasteiger partial charge >= 0.3 is 0 Å². The van der Waals surface area contributed by atoms with Gasteiger partial charge in [-0.2, -0.15) is 0 Å². The number of para-hydroxylation sites is 1. The van der Waals surface area contributed by atoms with Gasteiger partial charge in [0.05, 0.1) is 11.9 Å². The van der Waals surface area contributed by atoms with Crippen LogP contribution in [-0.4, -0.2) is 52.4 Å². The van der Waals surface area contributed by atoms with E-state index in [4.69, 9.17) is 0 Å². The molecule has 2 fully saturated rings. The minimum Gasteiger partial charge on any atom is -0.338 e. The Balaban J connectivity index is 1.53. The van der Waals surface area contributed by atoms with Gasteiger partial charge in [0.1, 0.15) is 0 Å². The van der Waals surface area contributed by atoms with Crippen LogP contribution in [-0.2, 0) is 11.2 Å². The third kappa shape index (κ3) is 3.15. The van der Waals surface area contributed by atoms with Crippen LogP contribution in [0.25, 0.3) is 10.9 Å². The van der Waals surface area contributed by atoms with Crippen LogP contribution in [0.2, 0.25) is 0 Å². The first-order valence-corrected chi connectivity index (χ1v) is 9.64. The predicted molar refractivity (Wildman–Crippen MR) is 100 cm³/mol. The molecule has 4 heteroatoms. The lowest BCUT2D eigenvalue weighted by Crippen LogP contribution is -2.48. The first-order chi connectivity index (χ1) is 12.3. The topological polar surface area (TPSA) is 36.4 Å². The molecule has 132 valence electrons. The summed E-state index contributed by atoms with van der Waals surface area (Å²) in [6, 6.07) is 11.1. The first-order valence-electron chi connectivity index (χ1n) is 9.64. The molecule has 3 heterocycles. The lowest BCUT2D eigenvalue weighted by molar-refractivity contribution is -0.132. The smallest absolute Gasteiger partial charge is 0.227 e. The second-order valence-corrected chi connectivity index (χ2v) is 7.30. The quantitative estimate of drug-likeness (QED) is 0.859. The summed E-state index contributed by atoms with van der Waals surface area (Å²) in [4.78, 5) is 22.3. The van der Waals surface area contributed by atoms with E-state index < -0.39 is 0 Å². The fourth-order valence-electron chi connectivity index (χ4n) is 4.76. The Labute approximate surface area is 149 Å². The number of hydrogen-bond donors (Lipinski definition) is 0. The number of likely N-dealkylation sites (N-methyl/N-ethyl adjacent to an activating group) is 1. The highest BCUT2D eigenvalue weighted by atomic mass is 16.2. The van der Waals surface area contributed by atoms with Crippen molar-refractivity contribution in [2.24, 2.45) is 0 Å². The zero-order chi connectivity index (χ0) is 17.2. The number of carbonyl (C=O) groups is 1. The Morgan fingerprint density at radius 3 is 2.80 bits per heavy atom. The van der Waals surface area contributed by atoms with Gasteiger partial charge in [0.25, 0.3) is 0 Å². The minimum atomic E-state index is 0.267. The molecule has 2 aliphatic heterocycles. The summed E-state index contributed by atoms with van der Waals surface area (Å²) in [5.41, 5.74) is 2.01. The Hall–Kier alpha value is -1.94. The van der Waals surface area contributed by atoms with E-state index in [2.05, 4.69) is 33.8 Å². The Morgan fingerprint density at radius 1 is 1.12 bits per heavy atom. The van der Waals surface area contributed by atoms with Crippen molar-refractivity contribution < 1.29 is 4.79 Å². The van der Waals surface area contributed by atoms with Gasteiger partial charge in [-0.3, -0.25) is 14.7 Å². The van der Waals surface area contributed by atoms with E-state index in [-0.39, 0.29) is 5.91 Å². The van der Waals surface area contributed by atoms with E-state index in [9.17, 15) is 4.79 Å². The number of carbonyl (C=O) groups excluding carboxylic acids is 1. The summed E-state index contributed by atoms with van der Waals surface area (Å²) in [6.07, 6.45) is 7.07. The summed E-state index contributed by atoms with van der Waals surface area (Å²) in [5, 5.41) is 1.11. The summed E-state index contributed by atoms with van der Waals surface area (Å²) in [6.45, 7) is 5.43. The second kappa shape index (κ2) is 7.12. The standard InChI is InChI=1S/C21H27N3O/c1-2-23-13-5-10-18(23)19-11-6-14-24(19)20(25)15-17-8-3-7-16-9-4-12-22-21(16)17/h3-4,7-9,12,18-19H,2,5-6,10-11,13-15H2,1H3. The highest BCUT2D eigenvalue weighted by molar-refractivity contribution is 5.87. The number of rotatable bonds is 4. The maximum absolute atomic E-state index is 13.1. The fraction of sp³-hybridized carbons (Fsp3) is 0.524. The van der Waals surface area contributed by atoms with Crippen LogP contribution in [0.3, 0.4) is 0 Å². The molecule has 4 rings (SSSR count).